The smallest absolute Gasteiger partial charge is 0.151 e. The van der Waals surface area contributed by atoms with Crippen LogP contribution in [0, 0.1) is 0 Å². The van der Waals surface area contributed by atoms with Crippen molar-refractivity contribution >= 4 is 16.3 Å². The normalized spacial score (nSPS) is 15.4. The van der Waals surface area contributed by atoms with Crippen molar-refractivity contribution in [2.75, 3.05) is 5.32 Å². The Morgan fingerprint density at radius 3 is 2.77 bits per heavy atom. The van der Waals surface area contributed by atoms with Crippen LogP contribution in [0.15, 0.2) is 11.4 Å². The molecule has 2 atom stereocenters. The van der Waals surface area contributed by atoms with Gasteiger partial charge in [0.1, 0.15) is 0 Å². The molecule has 0 amide bonds. The molecule has 1 rings (SSSR count). The SMILES string of the molecule is CCc1ccsc1NC(O)C(C)O. The molecule has 1 heterocycles. The van der Waals surface area contributed by atoms with Crippen LogP contribution in [0.3, 0.4) is 0 Å². The van der Waals surface area contributed by atoms with E-state index in [0.717, 1.165) is 11.4 Å². The molecule has 3 nitrogen and oxygen atoms in total. The minimum atomic E-state index is -0.885. The molecule has 0 spiro atoms. The molecule has 3 N–H and O–H groups in total. The van der Waals surface area contributed by atoms with Gasteiger partial charge in [-0.15, -0.1) is 11.3 Å². The second-order valence-corrected chi connectivity index (χ2v) is 3.87. The fourth-order valence-electron chi connectivity index (χ4n) is 0.996. The number of nitrogens with one attached hydrogen (secondary N) is 1. The summed E-state index contributed by atoms with van der Waals surface area (Å²) < 4.78 is 0. The molecule has 0 aliphatic carbocycles. The highest BCUT2D eigenvalue weighted by molar-refractivity contribution is 7.14. The Balaban J connectivity index is 2.62. The first-order chi connectivity index (χ1) is 6.15. The summed E-state index contributed by atoms with van der Waals surface area (Å²) in [4.78, 5) is 0. The summed E-state index contributed by atoms with van der Waals surface area (Å²) >= 11 is 1.54. The van der Waals surface area contributed by atoms with Crippen LogP contribution in [0.5, 0.6) is 0 Å². The molecular weight excluding hydrogens is 186 g/mol. The summed E-state index contributed by atoms with van der Waals surface area (Å²) in [5.74, 6) is 0. The van der Waals surface area contributed by atoms with Crippen LogP contribution in [0.1, 0.15) is 19.4 Å². The molecule has 1 aromatic rings. The lowest BCUT2D eigenvalue weighted by molar-refractivity contribution is 0.0498. The molecule has 13 heavy (non-hydrogen) atoms. The van der Waals surface area contributed by atoms with Crippen LogP contribution in [0.2, 0.25) is 0 Å². The number of hydrogen-bond acceptors (Lipinski definition) is 4. The highest BCUT2D eigenvalue weighted by Gasteiger charge is 2.12. The molecule has 4 heteroatoms. The molecule has 0 saturated heterocycles. The van der Waals surface area contributed by atoms with E-state index in [1.807, 2.05) is 11.4 Å². The molecular formula is C9H15NO2S. The zero-order valence-corrected chi connectivity index (χ0v) is 8.64. The predicted molar refractivity (Wildman–Crippen MR) is 55.0 cm³/mol. The van der Waals surface area contributed by atoms with Crippen LogP contribution in [0.25, 0.3) is 0 Å². The number of rotatable bonds is 4. The van der Waals surface area contributed by atoms with Crippen molar-refractivity contribution in [2.45, 2.75) is 32.6 Å². The van der Waals surface area contributed by atoms with Crippen LogP contribution >= 0.6 is 11.3 Å². The number of aliphatic hydroxyl groups excluding tert-OH is 2. The lowest BCUT2D eigenvalue weighted by Crippen LogP contribution is -2.30. The maximum atomic E-state index is 9.36. The van der Waals surface area contributed by atoms with E-state index in [-0.39, 0.29) is 0 Å². The third-order valence-corrected chi connectivity index (χ3v) is 2.75. The molecule has 0 saturated carbocycles. The first kappa shape index (κ1) is 10.5. The van der Waals surface area contributed by atoms with E-state index in [1.54, 1.807) is 6.92 Å². The van der Waals surface area contributed by atoms with Crippen molar-refractivity contribution in [1.82, 2.24) is 0 Å². The van der Waals surface area contributed by atoms with Gasteiger partial charge in [0.25, 0.3) is 0 Å². The van der Waals surface area contributed by atoms with E-state index in [2.05, 4.69) is 12.2 Å². The first-order valence-electron chi connectivity index (χ1n) is 4.34. The maximum Gasteiger partial charge on any atom is 0.151 e. The first-order valence-corrected chi connectivity index (χ1v) is 5.22. The van der Waals surface area contributed by atoms with Crippen molar-refractivity contribution in [3.63, 3.8) is 0 Å². The van der Waals surface area contributed by atoms with Crippen molar-refractivity contribution < 1.29 is 10.2 Å². The third kappa shape index (κ3) is 2.69. The van der Waals surface area contributed by atoms with Gasteiger partial charge in [0, 0.05) is 0 Å². The Morgan fingerprint density at radius 1 is 1.54 bits per heavy atom. The minimum Gasteiger partial charge on any atom is -0.389 e. The Morgan fingerprint density at radius 2 is 2.23 bits per heavy atom. The van der Waals surface area contributed by atoms with Gasteiger partial charge in [-0.05, 0) is 30.4 Å². The summed E-state index contributed by atoms with van der Waals surface area (Å²) in [6.45, 7) is 3.61. The van der Waals surface area contributed by atoms with Gasteiger partial charge in [-0.1, -0.05) is 6.92 Å². The Labute approximate surface area is 82.0 Å². The molecule has 74 valence electrons. The van der Waals surface area contributed by atoms with Crippen molar-refractivity contribution in [2.24, 2.45) is 0 Å². The number of anilines is 1. The number of thiophene rings is 1. The Bertz CT molecular complexity index is 260. The van der Waals surface area contributed by atoms with E-state index >= 15 is 0 Å². The van der Waals surface area contributed by atoms with Crippen LogP contribution in [-0.2, 0) is 6.42 Å². The van der Waals surface area contributed by atoms with Gasteiger partial charge in [0.15, 0.2) is 6.23 Å². The predicted octanol–water partition coefficient (Wildman–Crippen LogP) is 1.42. The molecule has 0 aliphatic rings. The van der Waals surface area contributed by atoms with Gasteiger partial charge in [-0.2, -0.15) is 0 Å². The quantitative estimate of drug-likeness (QED) is 0.646. The molecule has 0 aromatic carbocycles. The van der Waals surface area contributed by atoms with Crippen LogP contribution < -0.4 is 5.32 Å². The van der Waals surface area contributed by atoms with Gasteiger partial charge in [-0.3, -0.25) is 0 Å². The van der Waals surface area contributed by atoms with Gasteiger partial charge >= 0.3 is 0 Å². The van der Waals surface area contributed by atoms with Crippen molar-refractivity contribution in [3.05, 3.63) is 17.0 Å². The second kappa shape index (κ2) is 4.60. The Kier molecular flexibility index (Phi) is 3.71. The van der Waals surface area contributed by atoms with E-state index in [1.165, 1.54) is 16.9 Å². The zero-order valence-electron chi connectivity index (χ0n) is 7.82. The summed E-state index contributed by atoms with van der Waals surface area (Å²) in [5.41, 5.74) is 1.17. The zero-order chi connectivity index (χ0) is 9.84. The topological polar surface area (TPSA) is 52.5 Å². The van der Waals surface area contributed by atoms with Crippen molar-refractivity contribution in [3.8, 4) is 0 Å². The average Bonchev–Trinajstić information content (AvgIpc) is 2.51. The lowest BCUT2D eigenvalue weighted by Gasteiger charge is -2.16. The average molecular weight is 201 g/mol. The standard InChI is InChI=1S/C9H15NO2S/c1-3-7-4-5-13-9(7)10-8(12)6(2)11/h4-6,8,10-12H,3H2,1-2H3. The molecule has 0 bridgehead atoms. The lowest BCUT2D eigenvalue weighted by atomic mass is 10.2. The van der Waals surface area contributed by atoms with Gasteiger partial charge < -0.3 is 15.5 Å². The van der Waals surface area contributed by atoms with E-state index in [0.29, 0.717) is 0 Å². The van der Waals surface area contributed by atoms with Gasteiger partial charge in [0.2, 0.25) is 0 Å². The molecule has 0 radical (unpaired) electrons. The highest BCUT2D eigenvalue weighted by Crippen LogP contribution is 2.24. The molecule has 2 unspecified atom stereocenters. The maximum absolute atomic E-state index is 9.36. The minimum absolute atomic E-state index is 0.758. The van der Waals surface area contributed by atoms with E-state index in [4.69, 9.17) is 5.11 Å². The van der Waals surface area contributed by atoms with Gasteiger partial charge in [0.05, 0.1) is 11.1 Å². The monoisotopic (exact) mass is 201 g/mol. The largest absolute Gasteiger partial charge is 0.389 e. The van der Waals surface area contributed by atoms with E-state index < -0.39 is 12.3 Å². The molecule has 0 aliphatic heterocycles. The van der Waals surface area contributed by atoms with Crippen LogP contribution in [0.4, 0.5) is 5.00 Å². The second-order valence-electron chi connectivity index (χ2n) is 2.96. The number of hydrogen-bond donors (Lipinski definition) is 3. The van der Waals surface area contributed by atoms with Gasteiger partial charge in [-0.25, -0.2) is 0 Å². The fraction of sp³-hybridized carbons (Fsp3) is 0.556. The summed E-state index contributed by atoms with van der Waals surface area (Å²) in [7, 11) is 0. The summed E-state index contributed by atoms with van der Waals surface area (Å²) in [6.07, 6.45) is -0.714. The fourth-order valence-corrected chi connectivity index (χ4v) is 1.92. The van der Waals surface area contributed by atoms with Crippen LogP contribution in [-0.4, -0.2) is 22.5 Å². The van der Waals surface area contributed by atoms with Crippen molar-refractivity contribution in [1.29, 1.82) is 0 Å². The number of aliphatic hydroxyl groups is 2. The Hall–Kier alpha value is -0.580. The molecule has 0 fully saturated rings. The third-order valence-electron chi connectivity index (χ3n) is 1.86. The molecule has 1 aromatic heterocycles. The summed E-state index contributed by atoms with van der Waals surface area (Å²) in [6, 6.07) is 2.02. The summed E-state index contributed by atoms with van der Waals surface area (Å²) in [5, 5.41) is 24.2. The highest BCUT2D eigenvalue weighted by atomic mass is 32.1. The van der Waals surface area contributed by atoms with E-state index in [9.17, 15) is 5.11 Å². The number of aryl methyl sites for hydroxylation is 1.